The summed E-state index contributed by atoms with van der Waals surface area (Å²) in [5.74, 6) is 1.05. The third-order valence-electron chi connectivity index (χ3n) is 6.01. The Bertz CT molecular complexity index is 888. The van der Waals surface area contributed by atoms with Gasteiger partial charge in [0.25, 0.3) is 0 Å². The third kappa shape index (κ3) is 4.35. The summed E-state index contributed by atoms with van der Waals surface area (Å²) in [7, 11) is -3.06. The molecule has 0 N–H and O–H groups in total. The number of nitrogens with zero attached hydrogens (tertiary/aromatic N) is 1. The second-order valence-electron chi connectivity index (χ2n) is 8.88. The van der Waals surface area contributed by atoms with Crippen LogP contribution < -0.4 is 0 Å². The number of allylic oxidation sites excluding steroid dienone is 4. The summed E-state index contributed by atoms with van der Waals surface area (Å²) < 4.78 is 24.3. The molecule has 0 saturated heterocycles. The number of benzene rings is 1. The van der Waals surface area contributed by atoms with Crippen molar-refractivity contribution < 1.29 is 8.42 Å². The lowest BCUT2D eigenvalue weighted by Gasteiger charge is -2.31. The molecule has 1 aromatic rings. The van der Waals surface area contributed by atoms with Crippen molar-refractivity contribution in [2.45, 2.75) is 57.6 Å². The third-order valence-corrected chi connectivity index (χ3v) is 8.79. The molecule has 144 valence electrons. The quantitative estimate of drug-likeness (QED) is 0.707. The van der Waals surface area contributed by atoms with Gasteiger partial charge in [0, 0.05) is 12.0 Å². The molecule has 0 unspecified atom stereocenters. The lowest BCUT2D eigenvalue weighted by Crippen LogP contribution is -2.34. The Morgan fingerprint density at radius 2 is 1.70 bits per heavy atom. The van der Waals surface area contributed by atoms with E-state index in [1.165, 1.54) is 5.57 Å². The van der Waals surface area contributed by atoms with Crippen molar-refractivity contribution in [2.24, 2.45) is 11.8 Å². The van der Waals surface area contributed by atoms with Gasteiger partial charge < -0.3 is 0 Å². The molecule has 4 heteroatoms. The molecule has 0 heterocycles. The average Bonchev–Trinajstić information content (AvgIpc) is 3.06. The van der Waals surface area contributed by atoms with Crippen LogP contribution in [0.5, 0.6) is 0 Å². The van der Waals surface area contributed by atoms with E-state index in [4.69, 9.17) is 0 Å². The number of hydrogen-bond acceptors (Lipinski definition) is 3. The first kappa shape index (κ1) is 19.9. The van der Waals surface area contributed by atoms with Gasteiger partial charge >= 0.3 is 0 Å². The first-order valence-electron chi connectivity index (χ1n) is 9.82. The molecule has 0 bridgehead atoms. The SMILES string of the molecule is CC(C)(C)S(=O)(=O)CC1CCC(C2=CC(c3ccccc3)=C(C#N)C2)CC1. The highest BCUT2D eigenvalue weighted by Crippen LogP contribution is 2.42. The Hall–Kier alpha value is -1.86. The first-order chi connectivity index (χ1) is 12.7. The summed E-state index contributed by atoms with van der Waals surface area (Å²) in [4.78, 5) is 0. The predicted octanol–water partition coefficient (Wildman–Crippen LogP) is 5.31. The number of rotatable bonds is 4. The predicted molar refractivity (Wildman–Crippen MR) is 111 cm³/mol. The minimum atomic E-state index is -3.06. The highest BCUT2D eigenvalue weighted by molar-refractivity contribution is 7.92. The molecule has 2 aliphatic rings. The van der Waals surface area contributed by atoms with Crippen LogP contribution in [0.25, 0.3) is 5.57 Å². The number of hydrogen-bond donors (Lipinski definition) is 0. The Labute approximate surface area is 163 Å². The van der Waals surface area contributed by atoms with Crippen LogP contribution in [0.3, 0.4) is 0 Å². The molecule has 1 aromatic carbocycles. The Kier molecular flexibility index (Phi) is 5.63. The summed E-state index contributed by atoms with van der Waals surface area (Å²) in [5, 5.41) is 9.55. The highest BCUT2D eigenvalue weighted by Gasteiger charge is 2.34. The maximum Gasteiger partial charge on any atom is 0.155 e. The summed E-state index contributed by atoms with van der Waals surface area (Å²) in [6, 6.07) is 12.5. The van der Waals surface area contributed by atoms with Crippen LogP contribution in [-0.4, -0.2) is 18.9 Å². The number of sulfone groups is 1. The van der Waals surface area contributed by atoms with E-state index in [0.717, 1.165) is 48.8 Å². The van der Waals surface area contributed by atoms with Crippen LogP contribution >= 0.6 is 0 Å². The van der Waals surface area contributed by atoms with Crippen LogP contribution in [0.2, 0.25) is 0 Å². The van der Waals surface area contributed by atoms with E-state index in [9.17, 15) is 13.7 Å². The van der Waals surface area contributed by atoms with Gasteiger partial charge in [-0.25, -0.2) is 8.42 Å². The van der Waals surface area contributed by atoms with E-state index in [0.29, 0.717) is 11.7 Å². The van der Waals surface area contributed by atoms with Crippen molar-refractivity contribution in [1.29, 1.82) is 5.26 Å². The molecule has 0 spiro atoms. The molecule has 1 saturated carbocycles. The first-order valence-corrected chi connectivity index (χ1v) is 11.5. The van der Waals surface area contributed by atoms with Crippen LogP contribution in [0.4, 0.5) is 0 Å². The molecule has 27 heavy (non-hydrogen) atoms. The zero-order chi connectivity index (χ0) is 19.7. The van der Waals surface area contributed by atoms with E-state index in [2.05, 4.69) is 24.3 Å². The van der Waals surface area contributed by atoms with Gasteiger partial charge in [0.1, 0.15) is 0 Å². The van der Waals surface area contributed by atoms with Gasteiger partial charge in [0.15, 0.2) is 9.84 Å². The van der Waals surface area contributed by atoms with Crippen LogP contribution in [0.15, 0.2) is 47.6 Å². The standard InChI is InChI=1S/C23H29NO2S/c1-23(2,3)27(25,26)16-17-9-11-18(12-10-17)20-13-21(15-24)22(14-20)19-7-5-4-6-8-19/h4-8,14,17-18H,9-13,16H2,1-3H3. The second kappa shape index (κ2) is 7.64. The number of nitriles is 1. The van der Waals surface area contributed by atoms with Crippen LogP contribution in [0, 0.1) is 23.2 Å². The zero-order valence-electron chi connectivity index (χ0n) is 16.5. The van der Waals surface area contributed by atoms with E-state index >= 15 is 0 Å². The van der Waals surface area contributed by atoms with Gasteiger partial charge in [-0.3, -0.25) is 0 Å². The summed E-state index contributed by atoms with van der Waals surface area (Å²) in [6.45, 7) is 5.37. The molecule has 0 radical (unpaired) electrons. The van der Waals surface area contributed by atoms with Gasteiger partial charge in [-0.15, -0.1) is 0 Å². The van der Waals surface area contributed by atoms with E-state index in [1.54, 1.807) is 20.8 Å². The van der Waals surface area contributed by atoms with Gasteiger partial charge in [-0.2, -0.15) is 5.26 Å². The maximum atomic E-state index is 12.5. The van der Waals surface area contributed by atoms with Crippen molar-refractivity contribution >= 4 is 15.4 Å². The monoisotopic (exact) mass is 383 g/mol. The average molecular weight is 384 g/mol. The maximum absolute atomic E-state index is 12.5. The molecule has 0 atom stereocenters. The second-order valence-corrected chi connectivity index (χ2v) is 11.7. The molecule has 0 amide bonds. The minimum Gasteiger partial charge on any atom is -0.228 e. The summed E-state index contributed by atoms with van der Waals surface area (Å²) >= 11 is 0. The largest absolute Gasteiger partial charge is 0.228 e. The smallest absolute Gasteiger partial charge is 0.155 e. The van der Waals surface area contributed by atoms with Gasteiger partial charge in [-0.05, 0) is 69.4 Å². The molecule has 1 fully saturated rings. The topological polar surface area (TPSA) is 57.9 Å². The van der Waals surface area contributed by atoms with Gasteiger partial charge in [0.2, 0.25) is 0 Å². The van der Waals surface area contributed by atoms with Crippen LogP contribution in [0.1, 0.15) is 58.4 Å². The Morgan fingerprint density at radius 3 is 2.26 bits per heavy atom. The molecule has 0 aromatic heterocycles. The van der Waals surface area contributed by atoms with Crippen molar-refractivity contribution in [2.75, 3.05) is 5.75 Å². The molecule has 2 aliphatic carbocycles. The normalized spacial score (nSPS) is 23.9. The zero-order valence-corrected chi connectivity index (χ0v) is 17.3. The van der Waals surface area contributed by atoms with Crippen molar-refractivity contribution in [3.8, 4) is 6.07 Å². The molecular formula is C23H29NO2S. The fraction of sp³-hybridized carbons (Fsp3) is 0.522. The van der Waals surface area contributed by atoms with Crippen molar-refractivity contribution in [3.05, 3.63) is 53.1 Å². The summed E-state index contributed by atoms with van der Waals surface area (Å²) in [5.41, 5.74) is 4.37. The molecule has 3 nitrogen and oxygen atoms in total. The lowest BCUT2D eigenvalue weighted by atomic mass is 9.78. The summed E-state index contributed by atoms with van der Waals surface area (Å²) in [6.07, 6.45) is 6.93. The van der Waals surface area contributed by atoms with Gasteiger partial charge in [0.05, 0.1) is 16.6 Å². The molecule has 3 rings (SSSR count). The van der Waals surface area contributed by atoms with E-state index in [-0.39, 0.29) is 5.92 Å². The van der Waals surface area contributed by atoms with Gasteiger partial charge in [-0.1, -0.05) is 42.0 Å². The van der Waals surface area contributed by atoms with E-state index in [1.807, 2.05) is 18.2 Å². The van der Waals surface area contributed by atoms with Crippen LogP contribution in [-0.2, 0) is 9.84 Å². The lowest BCUT2D eigenvalue weighted by molar-refractivity contribution is 0.318. The minimum absolute atomic E-state index is 0.268. The Balaban J connectivity index is 1.65. The fourth-order valence-corrected chi connectivity index (χ4v) is 5.57. The van der Waals surface area contributed by atoms with Crippen molar-refractivity contribution in [1.82, 2.24) is 0 Å². The highest BCUT2D eigenvalue weighted by atomic mass is 32.2. The van der Waals surface area contributed by atoms with E-state index < -0.39 is 14.6 Å². The molecular weight excluding hydrogens is 354 g/mol. The Morgan fingerprint density at radius 1 is 1.07 bits per heavy atom. The van der Waals surface area contributed by atoms with Crippen molar-refractivity contribution in [3.63, 3.8) is 0 Å². The molecule has 0 aliphatic heterocycles. The fourth-order valence-electron chi connectivity index (χ4n) is 4.12.